The lowest BCUT2D eigenvalue weighted by Gasteiger charge is -2.32. The van der Waals surface area contributed by atoms with Gasteiger partial charge in [-0.2, -0.15) is 0 Å². The first-order valence-corrected chi connectivity index (χ1v) is 7.16. The number of hydrogen-bond donors (Lipinski definition) is 0. The summed E-state index contributed by atoms with van der Waals surface area (Å²) in [6.07, 6.45) is 1.19. The Kier molecular flexibility index (Phi) is 3.83. The Morgan fingerprint density at radius 2 is 1.61 bits per heavy atom. The molecule has 0 radical (unpaired) electrons. The van der Waals surface area contributed by atoms with Gasteiger partial charge >= 0.3 is 7.12 Å². The highest BCUT2D eigenvalue weighted by Crippen LogP contribution is 2.44. The van der Waals surface area contributed by atoms with Crippen LogP contribution in [0.5, 0.6) is 0 Å². The van der Waals surface area contributed by atoms with Crippen LogP contribution in [0.4, 0.5) is 0 Å². The Morgan fingerprint density at radius 1 is 1.06 bits per heavy atom. The fourth-order valence-electron chi connectivity index (χ4n) is 2.83. The van der Waals surface area contributed by atoms with Gasteiger partial charge in [-0.15, -0.1) is 0 Å². The maximum Gasteiger partial charge on any atom is 0.463 e. The minimum Gasteiger partial charge on any atom is -0.403 e. The van der Waals surface area contributed by atoms with E-state index in [0.717, 1.165) is 13.2 Å². The van der Waals surface area contributed by atoms with Crippen LogP contribution in [0.3, 0.4) is 0 Å². The lowest BCUT2D eigenvalue weighted by molar-refractivity contribution is 0.00578. The van der Waals surface area contributed by atoms with E-state index >= 15 is 0 Å². The summed E-state index contributed by atoms with van der Waals surface area (Å²) in [5.41, 5.74) is -0.467. The van der Waals surface area contributed by atoms with Crippen molar-refractivity contribution < 1.29 is 14.0 Å². The van der Waals surface area contributed by atoms with Crippen LogP contribution in [0.1, 0.15) is 48.0 Å². The summed E-state index contributed by atoms with van der Waals surface area (Å²) in [4.78, 5) is 0. The van der Waals surface area contributed by atoms with Crippen LogP contribution < -0.4 is 0 Å². The van der Waals surface area contributed by atoms with Crippen LogP contribution in [0.25, 0.3) is 0 Å². The van der Waals surface area contributed by atoms with Crippen molar-refractivity contribution in [2.45, 2.75) is 65.0 Å². The van der Waals surface area contributed by atoms with Gasteiger partial charge in [-0.3, -0.25) is 0 Å². The molecular formula is C14H27BO3. The van der Waals surface area contributed by atoms with E-state index in [1.54, 1.807) is 0 Å². The Hall–Kier alpha value is -0.0551. The molecule has 2 aliphatic heterocycles. The van der Waals surface area contributed by atoms with E-state index in [0.29, 0.717) is 17.7 Å². The molecule has 0 spiro atoms. The van der Waals surface area contributed by atoms with Crippen LogP contribution >= 0.6 is 0 Å². The van der Waals surface area contributed by atoms with Crippen LogP contribution in [0.15, 0.2) is 0 Å². The van der Waals surface area contributed by atoms with Gasteiger partial charge in [0.15, 0.2) is 0 Å². The Labute approximate surface area is 112 Å². The van der Waals surface area contributed by atoms with Crippen molar-refractivity contribution in [2.75, 3.05) is 13.2 Å². The molecule has 0 N–H and O–H groups in total. The topological polar surface area (TPSA) is 27.7 Å². The molecule has 0 aromatic heterocycles. The molecule has 3 nitrogen and oxygen atoms in total. The van der Waals surface area contributed by atoms with Crippen molar-refractivity contribution in [3.63, 3.8) is 0 Å². The highest BCUT2D eigenvalue weighted by atomic mass is 16.7. The summed E-state index contributed by atoms with van der Waals surface area (Å²) < 4.78 is 18.0. The summed E-state index contributed by atoms with van der Waals surface area (Å²) in [5, 5.41) is 0. The Bertz CT molecular complexity index is 285. The fraction of sp³-hybridized carbons (Fsp3) is 1.00. The van der Waals surface area contributed by atoms with Gasteiger partial charge in [0, 0.05) is 19.0 Å². The fourth-order valence-corrected chi connectivity index (χ4v) is 2.83. The van der Waals surface area contributed by atoms with Gasteiger partial charge in [0.2, 0.25) is 0 Å². The third kappa shape index (κ3) is 2.61. The second-order valence-electron chi connectivity index (χ2n) is 7.22. The first kappa shape index (κ1) is 14.4. The van der Waals surface area contributed by atoms with Crippen molar-refractivity contribution in [1.29, 1.82) is 0 Å². The van der Waals surface area contributed by atoms with Crippen LogP contribution in [0.2, 0.25) is 5.82 Å². The van der Waals surface area contributed by atoms with Gasteiger partial charge in [-0.25, -0.2) is 0 Å². The van der Waals surface area contributed by atoms with Crippen molar-refractivity contribution in [1.82, 2.24) is 0 Å². The molecule has 0 amide bonds. The van der Waals surface area contributed by atoms with E-state index in [9.17, 15) is 0 Å². The molecule has 0 saturated carbocycles. The zero-order valence-electron chi connectivity index (χ0n) is 12.7. The molecule has 0 aliphatic carbocycles. The van der Waals surface area contributed by atoms with E-state index in [-0.39, 0.29) is 18.3 Å². The van der Waals surface area contributed by atoms with Gasteiger partial charge in [0.25, 0.3) is 0 Å². The van der Waals surface area contributed by atoms with Crippen LogP contribution in [-0.4, -0.2) is 31.5 Å². The maximum atomic E-state index is 6.16. The SMILES string of the molecule is CC(C)C[C@@H]1COC[C@@H]1B1OC(C)(C)C(C)(C)O1. The highest BCUT2D eigenvalue weighted by molar-refractivity contribution is 6.47. The summed E-state index contributed by atoms with van der Waals surface area (Å²) in [5.74, 6) is 1.65. The van der Waals surface area contributed by atoms with Gasteiger partial charge in [-0.1, -0.05) is 13.8 Å². The molecule has 0 aromatic rings. The third-order valence-corrected chi connectivity index (χ3v) is 4.64. The largest absolute Gasteiger partial charge is 0.463 e. The van der Waals surface area contributed by atoms with E-state index in [1.807, 2.05) is 0 Å². The average Bonchev–Trinajstić information content (AvgIpc) is 2.69. The Balaban J connectivity index is 2.04. The molecule has 0 unspecified atom stereocenters. The molecule has 0 bridgehead atoms. The van der Waals surface area contributed by atoms with E-state index in [4.69, 9.17) is 14.0 Å². The molecule has 2 atom stereocenters. The average molecular weight is 254 g/mol. The maximum absolute atomic E-state index is 6.16. The van der Waals surface area contributed by atoms with Crippen molar-refractivity contribution >= 4 is 7.12 Å². The molecule has 2 fully saturated rings. The summed E-state index contributed by atoms with van der Waals surface area (Å²) in [6, 6.07) is 0. The first-order chi connectivity index (χ1) is 8.23. The molecule has 4 heteroatoms. The van der Waals surface area contributed by atoms with Crippen molar-refractivity contribution in [3.05, 3.63) is 0 Å². The van der Waals surface area contributed by atoms with Gasteiger partial charge in [0.05, 0.1) is 11.2 Å². The summed E-state index contributed by atoms with van der Waals surface area (Å²) >= 11 is 0. The van der Waals surface area contributed by atoms with Gasteiger partial charge in [0.1, 0.15) is 0 Å². The van der Waals surface area contributed by atoms with Crippen LogP contribution in [-0.2, 0) is 14.0 Å². The first-order valence-electron chi connectivity index (χ1n) is 7.16. The van der Waals surface area contributed by atoms with Crippen LogP contribution in [0, 0.1) is 11.8 Å². The molecular weight excluding hydrogens is 227 g/mol. The predicted molar refractivity (Wildman–Crippen MR) is 73.6 cm³/mol. The second-order valence-corrected chi connectivity index (χ2v) is 7.22. The minimum atomic E-state index is -0.233. The molecule has 18 heavy (non-hydrogen) atoms. The normalized spacial score (nSPS) is 34.5. The zero-order valence-corrected chi connectivity index (χ0v) is 12.7. The van der Waals surface area contributed by atoms with E-state index in [2.05, 4.69) is 41.5 Å². The molecule has 2 heterocycles. The Morgan fingerprint density at radius 3 is 2.11 bits per heavy atom. The summed E-state index contributed by atoms with van der Waals surface area (Å²) in [6.45, 7) is 14.6. The van der Waals surface area contributed by atoms with Gasteiger partial charge < -0.3 is 14.0 Å². The molecule has 2 saturated heterocycles. The lowest BCUT2D eigenvalue weighted by atomic mass is 9.65. The lowest BCUT2D eigenvalue weighted by Crippen LogP contribution is -2.41. The predicted octanol–water partition coefficient (Wildman–Crippen LogP) is 3.14. The highest BCUT2D eigenvalue weighted by Gasteiger charge is 2.55. The monoisotopic (exact) mass is 254 g/mol. The molecule has 2 rings (SSSR count). The molecule has 0 aromatic carbocycles. The number of ether oxygens (including phenoxy) is 1. The summed E-state index contributed by atoms with van der Waals surface area (Å²) in [7, 11) is -0.110. The van der Waals surface area contributed by atoms with Gasteiger partial charge in [-0.05, 0) is 46.0 Å². The van der Waals surface area contributed by atoms with E-state index in [1.165, 1.54) is 6.42 Å². The molecule has 2 aliphatic rings. The second kappa shape index (κ2) is 4.80. The molecule has 104 valence electrons. The standard InChI is InChI=1S/C14H27BO3/c1-10(2)7-11-8-16-9-12(11)15-17-13(3,4)14(5,6)18-15/h10-12H,7-9H2,1-6H3/t11-,12+/m1/s1. The number of hydrogen-bond acceptors (Lipinski definition) is 3. The van der Waals surface area contributed by atoms with Crippen molar-refractivity contribution in [2.24, 2.45) is 11.8 Å². The third-order valence-electron chi connectivity index (χ3n) is 4.64. The van der Waals surface area contributed by atoms with Crippen molar-refractivity contribution in [3.8, 4) is 0 Å². The minimum absolute atomic E-state index is 0.110. The van der Waals surface area contributed by atoms with E-state index < -0.39 is 0 Å². The number of rotatable bonds is 3. The zero-order chi connectivity index (χ0) is 13.6. The smallest absolute Gasteiger partial charge is 0.403 e. The quantitative estimate of drug-likeness (QED) is 0.724.